The molecule has 0 aromatic heterocycles. The van der Waals surface area contributed by atoms with Gasteiger partial charge in [0.05, 0.1) is 0 Å². The Morgan fingerprint density at radius 1 is 1.29 bits per heavy atom. The van der Waals surface area contributed by atoms with Crippen LogP contribution in [0.2, 0.25) is 0 Å². The van der Waals surface area contributed by atoms with E-state index in [0.717, 1.165) is 32.2 Å². The van der Waals surface area contributed by atoms with E-state index in [1.54, 1.807) is 0 Å². The molecule has 0 saturated heterocycles. The number of anilines is 1. The molecule has 0 heterocycles. The molecule has 1 aromatic carbocycles. The topological polar surface area (TPSA) is 20.3 Å². The van der Waals surface area contributed by atoms with Gasteiger partial charge in [-0.3, -0.25) is 4.79 Å². The van der Waals surface area contributed by atoms with Gasteiger partial charge in [-0.1, -0.05) is 19.1 Å². The van der Waals surface area contributed by atoms with Crippen LogP contribution in [0.3, 0.4) is 0 Å². The zero-order valence-electron chi connectivity index (χ0n) is 10.8. The minimum Gasteiger partial charge on any atom is -0.374 e. The van der Waals surface area contributed by atoms with E-state index in [-0.39, 0.29) is 5.92 Å². The zero-order chi connectivity index (χ0) is 12.3. The van der Waals surface area contributed by atoms with Crippen molar-refractivity contribution in [3.05, 3.63) is 29.8 Å². The van der Waals surface area contributed by atoms with Crippen molar-refractivity contribution in [2.45, 2.75) is 32.6 Å². The molecule has 2 heteroatoms. The molecule has 0 bridgehead atoms. The Labute approximate surface area is 104 Å². The molecule has 17 heavy (non-hydrogen) atoms. The van der Waals surface area contributed by atoms with Crippen molar-refractivity contribution in [1.29, 1.82) is 0 Å². The maximum absolute atomic E-state index is 11.6. The largest absolute Gasteiger partial charge is 0.374 e. The molecule has 1 aliphatic rings. The lowest BCUT2D eigenvalue weighted by Crippen LogP contribution is -2.27. The molecule has 1 saturated carbocycles. The van der Waals surface area contributed by atoms with Crippen LogP contribution in [-0.4, -0.2) is 19.4 Å². The molecular weight excluding hydrogens is 210 g/mol. The molecule has 0 spiro atoms. The molecule has 0 aliphatic heterocycles. The number of Topliss-reactive ketones (excluding diaryl/α,β-unsaturated/α-hetero) is 1. The van der Waals surface area contributed by atoms with E-state index in [1.165, 1.54) is 11.3 Å². The van der Waals surface area contributed by atoms with E-state index in [2.05, 4.69) is 43.1 Å². The Morgan fingerprint density at radius 2 is 2.00 bits per heavy atom. The van der Waals surface area contributed by atoms with Gasteiger partial charge in [0, 0.05) is 31.6 Å². The highest BCUT2D eigenvalue weighted by atomic mass is 16.1. The maximum atomic E-state index is 11.6. The monoisotopic (exact) mass is 231 g/mol. The molecule has 0 amide bonds. The first-order valence-corrected chi connectivity index (χ1v) is 6.53. The predicted molar refractivity (Wildman–Crippen MR) is 71.4 cm³/mol. The highest BCUT2D eigenvalue weighted by molar-refractivity contribution is 5.83. The van der Waals surface area contributed by atoms with Gasteiger partial charge < -0.3 is 4.90 Å². The standard InChI is InChI=1S/C15H21NO/c1-3-12-7-9-14(10-8-12)16(2)11-13-5-4-6-15(13)17/h7-10,13H,3-6,11H2,1-2H3. The van der Waals surface area contributed by atoms with E-state index in [9.17, 15) is 4.79 Å². The van der Waals surface area contributed by atoms with Crippen LogP contribution in [0.15, 0.2) is 24.3 Å². The van der Waals surface area contributed by atoms with Gasteiger partial charge in [-0.15, -0.1) is 0 Å². The molecule has 0 N–H and O–H groups in total. The minimum absolute atomic E-state index is 0.255. The number of carbonyl (C=O) groups is 1. The first kappa shape index (κ1) is 12.2. The molecular formula is C15H21NO. The molecule has 2 rings (SSSR count). The Morgan fingerprint density at radius 3 is 2.53 bits per heavy atom. The van der Waals surface area contributed by atoms with Crippen molar-refractivity contribution in [3.8, 4) is 0 Å². The summed E-state index contributed by atoms with van der Waals surface area (Å²) in [7, 11) is 2.08. The van der Waals surface area contributed by atoms with Gasteiger partial charge in [-0.25, -0.2) is 0 Å². The van der Waals surface area contributed by atoms with Gasteiger partial charge in [-0.2, -0.15) is 0 Å². The molecule has 1 atom stereocenters. The molecule has 92 valence electrons. The van der Waals surface area contributed by atoms with Gasteiger partial charge >= 0.3 is 0 Å². The smallest absolute Gasteiger partial charge is 0.137 e. The molecule has 1 aliphatic carbocycles. The average Bonchev–Trinajstić information content (AvgIpc) is 2.75. The fraction of sp³-hybridized carbons (Fsp3) is 0.533. The molecule has 0 radical (unpaired) electrons. The number of nitrogens with zero attached hydrogens (tertiary/aromatic N) is 1. The van der Waals surface area contributed by atoms with Crippen molar-refractivity contribution in [1.82, 2.24) is 0 Å². The lowest BCUT2D eigenvalue weighted by atomic mass is 10.1. The minimum atomic E-state index is 0.255. The Bertz CT molecular complexity index is 382. The number of hydrogen-bond acceptors (Lipinski definition) is 2. The van der Waals surface area contributed by atoms with Crippen LogP contribution in [0.1, 0.15) is 31.7 Å². The first-order valence-electron chi connectivity index (χ1n) is 6.53. The number of carbonyl (C=O) groups excluding carboxylic acids is 1. The van der Waals surface area contributed by atoms with Gasteiger partial charge in [0.25, 0.3) is 0 Å². The maximum Gasteiger partial charge on any atom is 0.137 e. The quantitative estimate of drug-likeness (QED) is 0.793. The summed E-state index contributed by atoms with van der Waals surface area (Å²) >= 11 is 0. The second-order valence-electron chi connectivity index (χ2n) is 4.96. The van der Waals surface area contributed by atoms with E-state index in [1.807, 2.05) is 0 Å². The Hall–Kier alpha value is -1.31. The third-order valence-corrected chi connectivity index (χ3v) is 3.71. The Balaban J connectivity index is 1.98. The summed E-state index contributed by atoms with van der Waals surface area (Å²) in [5.41, 5.74) is 2.57. The highest BCUT2D eigenvalue weighted by Crippen LogP contribution is 2.24. The number of rotatable bonds is 4. The van der Waals surface area contributed by atoms with Gasteiger partial charge in [-0.05, 0) is 37.0 Å². The number of hydrogen-bond donors (Lipinski definition) is 0. The predicted octanol–water partition coefficient (Wildman–Crippen LogP) is 3.05. The number of aryl methyl sites for hydroxylation is 1. The van der Waals surface area contributed by atoms with Crippen molar-refractivity contribution in [3.63, 3.8) is 0 Å². The summed E-state index contributed by atoms with van der Waals surface area (Å²) < 4.78 is 0. The summed E-state index contributed by atoms with van der Waals surface area (Å²) in [6.45, 7) is 3.03. The summed E-state index contributed by atoms with van der Waals surface area (Å²) in [6, 6.07) is 8.64. The summed E-state index contributed by atoms with van der Waals surface area (Å²) in [5, 5.41) is 0. The zero-order valence-corrected chi connectivity index (χ0v) is 10.8. The summed E-state index contributed by atoms with van der Waals surface area (Å²) in [4.78, 5) is 13.8. The highest BCUT2D eigenvalue weighted by Gasteiger charge is 2.25. The normalized spacial score (nSPS) is 19.6. The molecule has 1 unspecified atom stereocenters. The van der Waals surface area contributed by atoms with Crippen molar-refractivity contribution in [2.24, 2.45) is 5.92 Å². The van der Waals surface area contributed by atoms with Crippen LogP contribution in [0.4, 0.5) is 5.69 Å². The fourth-order valence-corrected chi connectivity index (χ4v) is 2.50. The number of benzene rings is 1. The van der Waals surface area contributed by atoms with Crippen LogP contribution in [0, 0.1) is 5.92 Å². The summed E-state index contributed by atoms with van der Waals surface area (Å²) in [5.74, 6) is 0.702. The van der Waals surface area contributed by atoms with Crippen molar-refractivity contribution in [2.75, 3.05) is 18.5 Å². The third-order valence-electron chi connectivity index (χ3n) is 3.71. The Kier molecular flexibility index (Phi) is 3.82. The average molecular weight is 231 g/mol. The second-order valence-corrected chi connectivity index (χ2v) is 4.96. The van der Waals surface area contributed by atoms with E-state index in [4.69, 9.17) is 0 Å². The van der Waals surface area contributed by atoms with Gasteiger partial charge in [0.15, 0.2) is 0 Å². The van der Waals surface area contributed by atoms with Gasteiger partial charge in [0.1, 0.15) is 5.78 Å². The van der Waals surface area contributed by atoms with Crippen LogP contribution in [0.5, 0.6) is 0 Å². The van der Waals surface area contributed by atoms with Crippen LogP contribution in [-0.2, 0) is 11.2 Å². The summed E-state index contributed by atoms with van der Waals surface area (Å²) in [6.07, 6.45) is 4.00. The molecule has 2 nitrogen and oxygen atoms in total. The van der Waals surface area contributed by atoms with E-state index >= 15 is 0 Å². The molecule has 1 aromatic rings. The van der Waals surface area contributed by atoms with Gasteiger partial charge in [0.2, 0.25) is 0 Å². The second kappa shape index (κ2) is 5.35. The third kappa shape index (κ3) is 2.87. The lowest BCUT2D eigenvalue weighted by Gasteiger charge is -2.22. The van der Waals surface area contributed by atoms with Crippen LogP contribution in [0.25, 0.3) is 0 Å². The lowest BCUT2D eigenvalue weighted by molar-refractivity contribution is -0.120. The SMILES string of the molecule is CCc1ccc(N(C)CC2CCCC2=O)cc1. The van der Waals surface area contributed by atoms with Crippen molar-refractivity contribution < 1.29 is 4.79 Å². The van der Waals surface area contributed by atoms with E-state index < -0.39 is 0 Å². The van der Waals surface area contributed by atoms with Crippen LogP contribution < -0.4 is 4.90 Å². The fourth-order valence-electron chi connectivity index (χ4n) is 2.50. The van der Waals surface area contributed by atoms with Crippen LogP contribution >= 0.6 is 0 Å². The van der Waals surface area contributed by atoms with Crippen molar-refractivity contribution >= 4 is 11.5 Å². The first-order chi connectivity index (χ1) is 8.20. The number of ketones is 1. The molecule has 1 fully saturated rings. The van der Waals surface area contributed by atoms with E-state index in [0.29, 0.717) is 5.78 Å².